The number of methoxy groups -OCH3 is 1. The van der Waals surface area contributed by atoms with Crippen molar-refractivity contribution in [2.45, 2.75) is 64.8 Å². The maximum Gasteiger partial charge on any atom is 0.120 e. The highest BCUT2D eigenvalue weighted by atomic mass is 16.5. The molecule has 108 valence electrons. The van der Waals surface area contributed by atoms with Gasteiger partial charge in [-0.05, 0) is 25.5 Å². The Kier molecular flexibility index (Phi) is 8.11. The molecule has 0 aliphatic heterocycles. The van der Waals surface area contributed by atoms with E-state index in [4.69, 9.17) is 4.74 Å². The zero-order valence-electron chi connectivity index (χ0n) is 12.7. The third-order valence-electron chi connectivity index (χ3n) is 3.47. The van der Waals surface area contributed by atoms with Gasteiger partial charge in [0, 0.05) is 17.8 Å². The Hall–Kier alpha value is -1.18. The number of ether oxygens (including phenoxy) is 1. The van der Waals surface area contributed by atoms with Crippen LogP contribution in [0.2, 0.25) is 0 Å². The summed E-state index contributed by atoms with van der Waals surface area (Å²) in [6.45, 7) is 4.52. The van der Waals surface area contributed by atoms with Crippen molar-refractivity contribution in [3.05, 3.63) is 24.3 Å². The molecule has 0 amide bonds. The molecule has 2 heteroatoms. The molecule has 0 aromatic heterocycles. The summed E-state index contributed by atoms with van der Waals surface area (Å²) >= 11 is 0. The third-order valence-corrected chi connectivity index (χ3v) is 3.47. The van der Waals surface area contributed by atoms with Crippen LogP contribution in [0.25, 0.3) is 0 Å². The molecule has 1 aromatic rings. The fourth-order valence-electron chi connectivity index (χ4n) is 2.30. The van der Waals surface area contributed by atoms with E-state index in [0.29, 0.717) is 6.04 Å². The minimum Gasteiger partial charge on any atom is -0.497 e. The summed E-state index contributed by atoms with van der Waals surface area (Å²) in [6.07, 6.45) is 9.43. The first-order valence-corrected chi connectivity index (χ1v) is 7.67. The zero-order chi connectivity index (χ0) is 13.9. The number of rotatable bonds is 10. The van der Waals surface area contributed by atoms with Crippen molar-refractivity contribution >= 4 is 5.69 Å². The standard InChI is InChI=1S/C17H29NO/c1-4-5-6-7-8-9-11-15(2)18-16-12-10-13-17(14-16)19-3/h10,12-15,18H,4-9,11H2,1-3H3/t15-/m0/s1. The van der Waals surface area contributed by atoms with Crippen molar-refractivity contribution in [3.8, 4) is 5.75 Å². The maximum atomic E-state index is 5.23. The second-order valence-corrected chi connectivity index (χ2v) is 5.33. The quantitative estimate of drug-likeness (QED) is 0.582. The van der Waals surface area contributed by atoms with Crippen LogP contribution in [0.4, 0.5) is 5.69 Å². The minimum atomic E-state index is 0.526. The molecule has 0 unspecified atom stereocenters. The topological polar surface area (TPSA) is 21.3 Å². The van der Waals surface area contributed by atoms with E-state index in [2.05, 4.69) is 31.3 Å². The second kappa shape index (κ2) is 9.71. The molecule has 0 aliphatic carbocycles. The summed E-state index contributed by atoms with van der Waals surface area (Å²) in [4.78, 5) is 0. The lowest BCUT2D eigenvalue weighted by Gasteiger charge is -2.15. The first-order chi connectivity index (χ1) is 9.26. The molecule has 1 N–H and O–H groups in total. The highest BCUT2D eigenvalue weighted by molar-refractivity contribution is 5.48. The molecule has 0 saturated carbocycles. The normalized spacial score (nSPS) is 12.2. The lowest BCUT2D eigenvalue weighted by Crippen LogP contribution is -2.14. The first-order valence-electron chi connectivity index (χ1n) is 7.67. The summed E-state index contributed by atoms with van der Waals surface area (Å²) in [6, 6.07) is 8.68. The lowest BCUT2D eigenvalue weighted by atomic mass is 10.1. The molecule has 1 aromatic carbocycles. The predicted molar refractivity (Wildman–Crippen MR) is 84.1 cm³/mol. The molecule has 0 saturated heterocycles. The van der Waals surface area contributed by atoms with Gasteiger partial charge in [-0.25, -0.2) is 0 Å². The van der Waals surface area contributed by atoms with E-state index in [9.17, 15) is 0 Å². The molecule has 0 aliphatic rings. The Labute approximate surface area is 118 Å². The van der Waals surface area contributed by atoms with Gasteiger partial charge >= 0.3 is 0 Å². The summed E-state index contributed by atoms with van der Waals surface area (Å²) < 4.78 is 5.23. The van der Waals surface area contributed by atoms with Crippen LogP contribution < -0.4 is 10.1 Å². The molecule has 2 nitrogen and oxygen atoms in total. The fraction of sp³-hybridized carbons (Fsp3) is 0.647. The van der Waals surface area contributed by atoms with E-state index in [0.717, 1.165) is 11.4 Å². The monoisotopic (exact) mass is 263 g/mol. The highest BCUT2D eigenvalue weighted by Crippen LogP contribution is 2.18. The molecular formula is C17H29NO. The van der Waals surface area contributed by atoms with Gasteiger partial charge in [-0.2, -0.15) is 0 Å². The molecule has 1 rings (SSSR count). The number of hydrogen-bond acceptors (Lipinski definition) is 2. The number of benzene rings is 1. The van der Waals surface area contributed by atoms with Crippen LogP contribution in [-0.2, 0) is 0 Å². The van der Waals surface area contributed by atoms with E-state index in [-0.39, 0.29) is 0 Å². The Morgan fingerprint density at radius 3 is 2.58 bits per heavy atom. The summed E-state index contributed by atoms with van der Waals surface area (Å²) in [5, 5.41) is 3.54. The molecule has 0 heterocycles. The number of unbranched alkanes of at least 4 members (excludes halogenated alkanes) is 5. The van der Waals surface area contributed by atoms with Crippen molar-refractivity contribution in [3.63, 3.8) is 0 Å². The van der Waals surface area contributed by atoms with Gasteiger partial charge in [0.05, 0.1) is 7.11 Å². The number of anilines is 1. The van der Waals surface area contributed by atoms with Gasteiger partial charge in [-0.1, -0.05) is 51.5 Å². The smallest absolute Gasteiger partial charge is 0.120 e. The molecule has 0 fully saturated rings. The summed E-state index contributed by atoms with van der Waals surface area (Å²) in [5.74, 6) is 0.914. The average Bonchev–Trinajstić information content (AvgIpc) is 2.43. The van der Waals surface area contributed by atoms with Crippen molar-refractivity contribution in [1.82, 2.24) is 0 Å². The Bertz CT molecular complexity index is 338. The first kappa shape index (κ1) is 15.9. The lowest BCUT2D eigenvalue weighted by molar-refractivity contribution is 0.415. The van der Waals surface area contributed by atoms with Gasteiger partial charge in [-0.15, -0.1) is 0 Å². The van der Waals surface area contributed by atoms with Gasteiger partial charge in [-0.3, -0.25) is 0 Å². The van der Waals surface area contributed by atoms with E-state index in [1.807, 2.05) is 12.1 Å². The second-order valence-electron chi connectivity index (χ2n) is 5.33. The van der Waals surface area contributed by atoms with Crippen LogP contribution in [0, 0.1) is 0 Å². The largest absolute Gasteiger partial charge is 0.497 e. The van der Waals surface area contributed by atoms with Crippen LogP contribution in [0.3, 0.4) is 0 Å². The third kappa shape index (κ3) is 7.09. The van der Waals surface area contributed by atoms with Gasteiger partial charge in [0.1, 0.15) is 5.75 Å². The minimum absolute atomic E-state index is 0.526. The van der Waals surface area contributed by atoms with Crippen LogP contribution >= 0.6 is 0 Å². The highest BCUT2D eigenvalue weighted by Gasteiger charge is 2.02. The van der Waals surface area contributed by atoms with Crippen LogP contribution in [0.15, 0.2) is 24.3 Å². The predicted octanol–water partition coefficient (Wildman–Crippen LogP) is 5.25. The van der Waals surface area contributed by atoms with Gasteiger partial charge in [0.25, 0.3) is 0 Å². The van der Waals surface area contributed by atoms with Gasteiger partial charge in [0.2, 0.25) is 0 Å². The molecular weight excluding hydrogens is 234 g/mol. The fourth-order valence-corrected chi connectivity index (χ4v) is 2.30. The zero-order valence-corrected chi connectivity index (χ0v) is 12.7. The van der Waals surface area contributed by atoms with Crippen molar-refractivity contribution in [2.75, 3.05) is 12.4 Å². The Balaban J connectivity index is 2.17. The number of nitrogens with one attached hydrogen (secondary N) is 1. The molecule has 1 atom stereocenters. The SMILES string of the molecule is CCCCCCCC[C@H](C)Nc1cccc(OC)c1. The van der Waals surface area contributed by atoms with Crippen LogP contribution in [0.1, 0.15) is 58.8 Å². The summed E-state index contributed by atoms with van der Waals surface area (Å²) in [7, 11) is 1.71. The van der Waals surface area contributed by atoms with Crippen LogP contribution in [-0.4, -0.2) is 13.2 Å². The van der Waals surface area contributed by atoms with E-state index < -0.39 is 0 Å². The van der Waals surface area contributed by atoms with E-state index in [1.165, 1.54) is 44.9 Å². The van der Waals surface area contributed by atoms with E-state index >= 15 is 0 Å². The average molecular weight is 263 g/mol. The molecule has 0 radical (unpaired) electrons. The van der Waals surface area contributed by atoms with Crippen molar-refractivity contribution in [1.29, 1.82) is 0 Å². The van der Waals surface area contributed by atoms with Gasteiger partial charge < -0.3 is 10.1 Å². The van der Waals surface area contributed by atoms with Crippen molar-refractivity contribution in [2.24, 2.45) is 0 Å². The maximum absolute atomic E-state index is 5.23. The van der Waals surface area contributed by atoms with Crippen molar-refractivity contribution < 1.29 is 4.74 Å². The number of hydrogen-bond donors (Lipinski definition) is 1. The Morgan fingerprint density at radius 1 is 1.11 bits per heavy atom. The summed E-state index contributed by atoms with van der Waals surface area (Å²) in [5.41, 5.74) is 1.15. The molecule has 0 bridgehead atoms. The van der Waals surface area contributed by atoms with E-state index in [1.54, 1.807) is 7.11 Å². The van der Waals surface area contributed by atoms with Crippen LogP contribution in [0.5, 0.6) is 5.75 Å². The molecule has 19 heavy (non-hydrogen) atoms. The Morgan fingerprint density at radius 2 is 1.84 bits per heavy atom. The van der Waals surface area contributed by atoms with Gasteiger partial charge in [0.15, 0.2) is 0 Å². The molecule has 0 spiro atoms.